The fourth-order valence-corrected chi connectivity index (χ4v) is 2.84. The molecule has 0 radical (unpaired) electrons. The predicted molar refractivity (Wildman–Crippen MR) is 88.3 cm³/mol. The summed E-state index contributed by atoms with van der Waals surface area (Å²) in [5.74, 6) is 0. The Balaban J connectivity index is 1.82. The van der Waals surface area contributed by atoms with Gasteiger partial charge in [0.1, 0.15) is 0 Å². The summed E-state index contributed by atoms with van der Waals surface area (Å²) >= 11 is 0. The van der Waals surface area contributed by atoms with Gasteiger partial charge in [0.25, 0.3) is 0 Å². The van der Waals surface area contributed by atoms with E-state index < -0.39 is 0 Å². The summed E-state index contributed by atoms with van der Waals surface area (Å²) in [4.78, 5) is 2.38. The number of nitrogens with one attached hydrogen (secondary N) is 1. The molecule has 21 heavy (non-hydrogen) atoms. The molecule has 0 saturated carbocycles. The number of benzene rings is 1. The Labute approximate surface area is 129 Å². The molecule has 3 heteroatoms. The number of likely N-dealkylation sites (N-methyl/N-ethyl adjacent to an activating group) is 1. The lowest BCUT2D eigenvalue weighted by molar-refractivity contribution is -0.00259. The highest BCUT2D eigenvalue weighted by Gasteiger charge is 2.15. The van der Waals surface area contributed by atoms with E-state index in [-0.39, 0.29) is 0 Å². The van der Waals surface area contributed by atoms with Gasteiger partial charge in [0.15, 0.2) is 0 Å². The van der Waals surface area contributed by atoms with Gasteiger partial charge in [-0.25, -0.2) is 0 Å². The molecule has 1 saturated heterocycles. The van der Waals surface area contributed by atoms with Crippen molar-refractivity contribution in [1.82, 2.24) is 10.2 Å². The van der Waals surface area contributed by atoms with Gasteiger partial charge in [-0.1, -0.05) is 38.1 Å². The summed E-state index contributed by atoms with van der Waals surface area (Å²) in [5, 5.41) is 3.47. The fourth-order valence-electron chi connectivity index (χ4n) is 2.84. The minimum Gasteiger partial charge on any atom is -0.377 e. The van der Waals surface area contributed by atoms with Crippen LogP contribution in [0.5, 0.6) is 0 Å². The Morgan fingerprint density at radius 1 is 1.29 bits per heavy atom. The van der Waals surface area contributed by atoms with Crippen molar-refractivity contribution in [3.05, 3.63) is 35.4 Å². The van der Waals surface area contributed by atoms with Crippen molar-refractivity contribution in [2.75, 3.05) is 20.2 Å². The monoisotopic (exact) mass is 290 g/mol. The molecule has 0 aliphatic carbocycles. The molecule has 0 bridgehead atoms. The molecule has 1 unspecified atom stereocenters. The first-order valence-corrected chi connectivity index (χ1v) is 8.25. The number of ether oxygens (including phenoxy) is 1. The number of hydrogen-bond acceptors (Lipinski definition) is 3. The van der Waals surface area contributed by atoms with Crippen LogP contribution in [0.2, 0.25) is 0 Å². The zero-order chi connectivity index (χ0) is 15.1. The Hall–Kier alpha value is -0.900. The summed E-state index contributed by atoms with van der Waals surface area (Å²) in [7, 11) is 2.19. The molecule has 3 nitrogen and oxygen atoms in total. The Morgan fingerprint density at radius 2 is 2.10 bits per heavy atom. The minimum atomic E-state index is 0.426. The van der Waals surface area contributed by atoms with Gasteiger partial charge in [-0.05, 0) is 37.4 Å². The fraction of sp³-hybridized carbons (Fsp3) is 0.667. The third-order valence-corrected chi connectivity index (χ3v) is 3.95. The maximum absolute atomic E-state index is 5.82. The first kappa shape index (κ1) is 16.5. The highest BCUT2D eigenvalue weighted by atomic mass is 16.5. The maximum atomic E-state index is 5.82. The van der Waals surface area contributed by atoms with E-state index in [4.69, 9.17) is 4.74 Å². The Kier molecular flexibility index (Phi) is 6.68. The molecule has 0 spiro atoms. The minimum absolute atomic E-state index is 0.426. The van der Waals surface area contributed by atoms with Crippen LogP contribution >= 0.6 is 0 Å². The summed E-state index contributed by atoms with van der Waals surface area (Å²) < 4.78 is 5.82. The Bertz CT molecular complexity index is 413. The normalized spacial score (nSPS) is 19.4. The number of hydrogen-bond donors (Lipinski definition) is 1. The van der Waals surface area contributed by atoms with E-state index >= 15 is 0 Å². The number of nitrogens with zero attached hydrogens (tertiary/aromatic N) is 1. The Morgan fingerprint density at radius 3 is 2.81 bits per heavy atom. The van der Waals surface area contributed by atoms with Gasteiger partial charge in [-0.2, -0.15) is 0 Å². The summed E-state index contributed by atoms with van der Waals surface area (Å²) in [6, 6.07) is 9.42. The van der Waals surface area contributed by atoms with Crippen LogP contribution in [-0.4, -0.2) is 37.2 Å². The summed E-state index contributed by atoms with van der Waals surface area (Å²) in [6.07, 6.45) is 4.18. The van der Waals surface area contributed by atoms with Crippen molar-refractivity contribution in [2.45, 2.75) is 58.3 Å². The van der Waals surface area contributed by atoms with Gasteiger partial charge in [0.2, 0.25) is 0 Å². The second-order valence-electron chi connectivity index (χ2n) is 6.54. The highest BCUT2D eigenvalue weighted by molar-refractivity contribution is 5.23. The molecule has 1 N–H and O–H groups in total. The van der Waals surface area contributed by atoms with Crippen molar-refractivity contribution in [3.8, 4) is 0 Å². The van der Waals surface area contributed by atoms with Crippen LogP contribution in [0.15, 0.2) is 24.3 Å². The third kappa shape index (κ3) is 6.16. The van der Waals surface area contributed by atoms with Gasteiger partial charge in [0.05, 0.1) is 6.10 Å². The first-order chi connectivity index (χ1) is 10.1. The lowest BCUT2D eigenvalue weighted by Gasteiger charge is -2.27. The second-order valence-corrected chi connectivity index (χ2v) is 6.54. The van der Waals surface area contributed by atoms with E-state index in [1.165, 1.54) is 30.4 Å². The zero-order valence-corrected chi connectivity index (χ0v) is 13.8. The van der Waals surface area contributed by atoms with Crippen LogP contribution in [-0.2, 0) is 17.8 Å². The van der Waals surface area contributed by atoms with Crippen molar-refractivity contribution >= 4 is 0 Å². The number of rotatable bonds is 7. The van der Waals surface area contributed by atoms with Crippen LogP contribution in [0.25, 0.3) is 0 Å². The van der Waals surface area contributed by atoms with E-state index in [0.717, 1.165) is 26.2 Å². The quantitative estimate of drug-likeness (QED) is 0.834. The molecule has 118 valence electrons. The van der Waals surface area contributed by atoms with E-state index in [2.05, 4.69) is 55.4 Å². The molecule has 1 atom stereocenters. The SMILES string of the molecule is CC(C)NCc1cccc(CN(C)CC2CCCCO2)c1. The van der Waals surface area contributed by atoms with Crippen molar-refractivity contribution in [1.29, 1.82) is 0 Å². The van der Waals surface area contributed by atoms with Crippen LogP contribution in [0, 0.1) is 0 Å². The topological polar surface area (TPSA) is 24.5 Å². The lowest BCUT2D eigenvalue weighted by atomic mass is 10.1. The van der Waals surface area contributed by atoms with Gasteiger partial charge >= 0.3 is 0 Å². The van der Waals surface area contributed by atoms with E-state index in [9.17, 15) is 0 Å². The van der Waals surface area contributed by atoms with Gasteiger partial charge in [-0.15, -0.1) is 0 Å². The molecule has 1 aliphatic rings. The average molecular weight is 290 g/mol. The molecule has 1 aliphatic heterocycles. The molecule has 1 fully saturated rings. The molecular weight excluding hydrogens is 260 g/mol. The van der Waals surface area contributed by atoms with Crippen LogP contribution < -0.4 is 5.32 Å². The van der Waals surface area contributed by atoms with Gasteiger partial charge in [0, 0.05) is 32.3 Å². The van der Waals surface area contributed by atoms with Crippen molar-refractivity contribution in [3.63, 3.8) is 0 Å². The molecule has 1 aromatic rings. The highest BCUT2D eigenvalue weighted by Crippen LogP contribution is 2.15. The van der Waals surface area contributed by atoms with Crippen molar-refractivity contribution < 1.29 is 4.74 Å². The third-order valence-electron chi connectivity index (χ3n) is 3.95. The van der Waals surface area contributed by atoms with Crippen LogP contribution in [0.3, 0.4) is 0 Å². The van der Waals surface area contributed by atoms with E-state index in [1.807, 2.05) is 0 Å². The summed E-state index contributed by atoms with van der Waals surface area (Å²) in [6.45, 7) is 8.28. The molecule has 1 aromatic carbocycles. The van der Waals surface area contributed by atoms with E-state index in [1.54, 1.807) is 0 Å². The van der Waals surface area contributed by atoms with E-state index in [0.29, 0.717) is 12.1 Å². The maximum Gasteiger partial charge on any atom is 0.0702 e. The van der Waals surface area contributed by atoms with Crippen molar-refractivity contribution in [2.24, 2.45) is 0 Å². The van der Waals surface area contributed by atoms with Gasteiger partial charge < -0.3 is 10.1 Å². The summed E-state index contributed by atoms with van der Waals surface area (Å²) in [5.41, 5.74) is 2.75. The largest absolute Gasteiger partial charge is 0.377 e. The molecule has 0 amide bonds. The molecular formula is C18H30N2O. The van der Waals surface area contributed by atoms with Gasteiger partial charge in [-0.3, -0.25) is 4.90 Å². The smallest absolute Gasteiger partial charge is 0.0702 e. The molecule has 0 aromatic heterocycles. The van der Waals surface area contributed by atoms with Crippen LogP contribution in [0.4, 0.5) is 0 Å². The van der Waals surface area contributed by atoms with Crippen LogP contribution in [0.1, 0.15) is 44.2 Å². The molecule has 1 heterocycles. The second kappa shape index (κ2) is 8.52. The average Bonchev–Trinajstić information content (AvgIpc) is 2.46. The zero-order valence-electron chi connectivity index (χ0n) is 13.8. The predicted octanol–water partition coefficient (Wildman–Crippen LogP) is 3.19. The lowest BCUT2D eigenvalue weighted by Crippen LogP contribution is -2.33. The standard InChI is InChI=1S/C18H30N2O/c1-15(2)19-12-16-7-6-8-17(11-16)13-20(3)14-18-9-4-5-10-21-18/h6-8,11,15,18-19H,4-5,9-10,12-14H2,1-3H3. The molecule has 2 rings (SSSR count). The first-order valence-electron chi connectivity index (χ1n) is 8.25.